The van der Waals surface area contributed by atoms with E-state index in [1.807, 2.05) is 19.1 Å². The highest BCUT2D eigenvalue weighted by molar-refractivity contribution is 5.77. The second-order valence-electron chi connectivity index (χ2n) is 4.40. The van der Waals surface area contributed by atoms with Gasteiger partial charge in [0.15, 0.2) is 11.5 Å². The minimum atomic E-state index is -0.0478. The monoisotopic (exact) mass is 250 g/mol. The Balaban J connectivity index is 2.04. The first kappa shape index (κ1) is 12.7. The Hall–Kier alpha value is -1.75. The fraction of sp³-hybridized carbons (Fsp3) is 0.462. The number of aryl methyl sites for hydroxylation is 1. The molecule has 5 heteroatoms. The van der Waals surface area contributed by atoms with Crippen LogP contribution in [0.3, 0.4) is 0 Å². The van der Waals surface area contributed by atoms with Gasteiger partial charge in [-0.2, -0.15) is 0 Å². The predicted octanol–water partition coefficient (Wildman–Crippen LogP) is 0.683. The van der Waals surface area contributed by atoms with E-state index in [0.29, 0.717) is 6.54 Å². The molecule has 2 N–H and O–H groups in total. The molecule has 0 spiro atoms. The van der Waals surface area contributed by atoms with Gasteiger partial charge in [-0.05, 0) is 36.6 Å². The van der Waals surface area contributed by atoms with Crippen molar-refractivity contribution in [1.29, 1.82) is 0 Å². The van der Waals surface area contributed by atoms with Gasteiger partial charge in [0.1, 0.15) is 0 Å². The van der Waals surface area contributed by atoms with Gasteiger partial charge in [-0.1, -0.05) is 0 Å². The zero-order valence-corrected chi connectivity index (χ0v) is 10.7. The van der Waals surface area contributed by atoms with Crippen LogP contribution in [0.15, 0.2) is 12.1 Å². The molecule has 98 valence electrons. The molecule has 0 radical (unpaired) electrons. The molecule has 0 aromatic heterocycles. The van der Waals surface area contributed by atoms with Gasteiger partial charge in [-0.3, -0.25) is 4.79 Å². The summed E-state index contributed by atoms with van der Waals surface area (Å²) in [6, 6.07) is 3.96. The molecule has 1 aromatic rings. The molecule has 0 aliphatic carbocycles. The fourth-order valence-corrected chi connectivity index (χ4v) is 1.92. The molecule has 1 aliphatic rings. The summed E-state index contributed by atoms with van der Waals surface area (Å²) in [6.07, 6.45) is 0.782. The number of fused-ring (bicyclic) bond motifs is 1. The standard InChI is InChI=1S/C13H18N2O3/c1-9-5-11-12(18-8-17-11)6-10(9)3-4-15(2)13(16)7-14/h5-6H,3-4,7-8,14H2,1-2H3. The summed E-state index contributed by atoms with van der Waals surface area (Å²) in [4.78, 5) is 13.0. The first-order valence-electron chi connectivity index (χ1n) is 5.95. The molecule has 2 rings (SSSR count). The zero-order chi connectivity index (χ0) is 13.1. The van der Waals surface area contributed by atoms with Crippen molar-refractivity contribution in [2.45, 2.75) is 13.3 Å². The van der Waals surface area contributed by atoms with Crippen LogP contribution in [-0.2, 0) is 11.2 Å². The molecule has 18 heavy (non-hydrogen) atoms. The maximum atomic E-state index is 11.4. The minimum absolute atomic E-state index is 0.0478. The number of rotatable bonds is 4. The highest BCUT2D eigenvalue weighted by Gasteiger charge is 2.16. The normalized spacial score (nSPS) is 12.6. The van der Waals surface area contributed by atoms with Crippen LogP contribution in [0.5, 0.6) is 11.5 Å². The molecular formula is C13H18N2O3. The summed E-state index contributed by atoms with van der Waals surface area (Å²) in [5.41, 5.74) is 7.63. The van der Waals surface area contributed by atoms with Gasteiger partial charge >= 0.3 is 0 Å². The molecule has 1 amide bonds. The quantitative estimate of drug-likeness (QED) is 0.853. The van der Waals surface area contributed by atoms with Gasteiger partial charge in [-0.15, -0.1) is 0 Å². The number of hydrogen-bond acceptors (Lipinski definition) is 4. The number of ether oxygens (including phenoxy) is 2. The van der Waals surface area contributed by atoms with E-state index < -0.39 is 0 Å². The average Bonchev–Trinajstić information content (AvgIpc) is 2.81. The summed E-state index contributed by atoms with van der Waals surface area (Å²) in [5, 5.41) is 0. The van der Waals surface area contributed by atoms with Crippen LogP contribution in [0.1, 0.15) is 11.1 Å². The van der Waals surface area contributed by atoms with E-state index in [4.69, 9.17) is 15.2 Å². The van der Waals surface area contributed by atoms with Gasteiger partial charge in [0.25, 0.3) is 0 Å². The van der Waals surface area contributed by atoms with Crippen molar-refractivity contribution in [2.24, 2.45) is 5.73 Å². The summed E-state index contributed by atoms with van der Waals surface area (Å²) >= 11 is 0. The second kappa shape index (κ2) is 5.27. The van der Waals surface area contributed by atoms with Crippen molar-refractivity contribution in [3.05, 3.63) is 23.3 Å². The van der Waals surface area contributed by atoms with E-state index in [0.717, 1.165) is 29.0 Å². The number of nitrogens with two attached hydrogens (primary N) is 1. The predicted molar refractivity (Wildman–Crippen MR) is 67.7 cm³/mol. The molecule has 0 bridgehead atoms. The third kappa shape index (κ3) is 2.56. The lowest BCUT2D eigenvalue weighted by molar-refractivity contribution is -0.128. The average molecular weight is 250 g/mol. The van der Waals surface area contributed by atoms with Crippen molar-refractivity contribution in [3.63, 3.8) is 0 Å². The molecular weight excluding hydrogens is 232 g/mol. The van der Waals surface area contributed by atoms with Crippen LogP contribution >= 0.6 is 0 Å². The SMILES string of the molecule is Cc1cc2c(cc1CCN(C)C(=O)CN)OCO2. The van der Waals surface area contributed by atoms with Crippen molar-refractivity contribution < 1.29 is 14.3 Å². The summed E-state index contributed by atoms with van der Waals surface area (Å²) < 4.78 is 10.7. The fourth-order valence-electron chi connectivity index (χ4n) is 1.92. The van der Waals surface area contributed by atoms with E-state index in [9.17, 15) is 4.79 Å². The van der Waals surface area contributed by atoms with Crippen LogP contribution in [0.2, 0.25) is 0 Å². The molecule has 0 saturated carbocycles. The number of carbonyl (C=O) groups excluding carboxylic acids is 1. The zero-order valence-electron chi connectivity index (χ0n) is 10.7. The highest BCUT2D eigenvalue weighted by Crippen LogP contribution is 2.34. The third-order valence-corrected chi connectivity index (χ3v) is 3.15. The lowest BCUT2D eigenvalue weighted by Crippen LogP contribution is -2.34. The lowest BCUT2D eigenvalue weighted by Gasteiger charge is -2.17. The molecule has 1 aromatic carbocycles. The van der Waals surface area contributed by atoms with E-state index in [1.165, 1.54) is 0 Å². The second-order valence-corrected chi connectivity index (χ2v) is 4.40. The molecule has 1 aliphatic heterocycles. The number of amides is 1. The molecule has 5 nitrogen and oxygen atoms in total. The Morgan fingerprint density at radius 2 is 2.06 bits per heavy atom. The van der Waals surface area contributed by atoms with Gasteiger partial charge < -0.3 is 20.1 Å². The Bertz CT molecular complexity index is 460. The minimum Gasteiger partial charge on any atom is -0.454 e. The van der Waals surface area contributed by atoms with E-state index in [2.05, 4.69) is 0 Å². The van der Waals surface area contributed by atoms with Crippen molar-refractivity contribution >= 4 is 5.91 Å². The first-order valence-corrected chi connectivity index (χ1v) is 5.95. The Kier molecular flexibility index (Phi) is 3.72. The molecule has 0 atom stereocenters. The van der Waals surface area contributed by atoms with Crippen molar-refractivity contribution in [3.8, 4) is 11.5 Å². The molecule has 0 fully saturated rings. The van der Waals surface area contributed by atoms with Crippen molar-refractivity contribution in [2.75, 3.05) is 26.9 Å². The van der Waals surface area contributed by atoms with E-state index in [-0.39, 0.29) is 19.2 Å². The molecule has 0 saturated heterocycles. The topological polar surface area (TPSA) is 64.8 Å². The third-order valence-electron chi connectivity index (χ3n) is 3.15. The van der Waals surface area contributed by atoms with E-state index in [1.54, 1.807) is 11.9 Å². The number of benzene rings is 1. The number of hydrogen-bond donors (Lipinski definition) is 1. The molecule has 1 heterocycles. The van der Waals surface area contributed by atoms with Gasteiger partial charge in [0, 0.05) is 13.6 Å². The Morgan fingerprint density at radius 3 is 2.72 bits per heavy atom. The summed E-state index contributed by atoms with van der Waals surface area (Å²) in [6.45, 7) is 3.01. The van der Waals surface area contributed by atoms with Crippen LogP contribution in [0.25, 0.3) is 0 Å². The number of carbonyl (C=O) groups is 1. The largest absolute Gasteiger partial charge is 0.454 e. The highest BCUT2D eigenvalue weighted by atomic mass is 16.7. The van der Waals surface area contributed by atoms with Gasteiger partial charge in [0.05, 0.1) is 6.54 Å². The maximum absolute atomic E-state index is 11.4. The van der Waals surface area contributed by atoms with Gasteiger partial charge in [-0.25, -0.2) is 0 Å². The van der Waals surface area contributed by atoms with Crippen LogP contribution < -0.4 is 15.2 Å². The first-order chi connectivity index (χ1) is 8.61. The number of nitrogens with zero attached hydrogens (tertiary/aromatic N) is 1. The maximum Gasteiger partial charge on any atom is 0.236 e. The Morgan fingerprint density at radius 1 is 1.39 bits per heavy atom. The summed E-state index contributed by atoms with van der Waals surface area (Å²) in [5.74, 6) is 1.53. The smallest absolute Gasteiger partial charge is 0.236 e. The number of likely N-dealkylation sites (N-methyl/N-ethyl adjacent to an activating group) is 1. The Labute approximate surface area is 106 Å². The van der Waals surface area contributed by atoms with Crippen molar-refractivity contribution in [1.82, 2.24) is 4.90 Å². The van der Waals surface area contributed by atoms with Crippen LogP contribution in [0.4, 0.5) is 0 Å². The van der Waals surface area contributed by atoms with Crippen LogP contribution in [-0.4, -0.2) is 37.7 Å². The lowest BCUT2D eigenvalue weighted by atomic mass is 10.0. The molecule has 0 unspecified atom stereocenters. The van der Waals surface area contributed by atoms with Crippen LogP contribution in [0, 0.1) is 6.92 Å². The van der Waals surface area contributed by atoms with E-state index >= 15 is 0 Å². The van der Waals surface area contributed by atoms with Gasteiger partial charge in [0.2, 0.25) is 12.7 Å². The summed E-state index contributed by atoms with van der Waals surface area (Å²) in [7, 11) is 1.76.